The summed E-state index contributed by atoms with van der Waals surface area (Å²) in [7, 11) is 0. The summed E-state index contributed by atoms with van der Waals surface area (Å²) in [5, 5.41) is 15.9. The number of carbonyl (C=O) groups excluding carboxylic acids is 1. The zero-order valence-corrected chi connectivity index (χ0v) is 15.4. The molecule has 0 fully saturated rings. The van der Waals surface area contributed by atoms with Crippen molar-refractivity contribution in [1.82, 2.24) is 15.6 Å². The van der Waals surface area contributed by atoms with E-state index in [4.69, 9.17) is 12.2 Å². The molecular weight excluding hydrogens is 346 g/mol. The Morgan fingerprint density at radius 1 is 1.35 bits per heavy atom. The van der Waals surface area contributed by atoms with Gasteiger partial charge in [-0.05, 0) is 42.2 Å². The second kappa shape index (κ2) is 9.79. The van der Waals surface area contributed by atoms with Crippen LogP contribution >= 0.6 is 12.2 Å². The summed E-state index contributed by atoms with van der Waals surface area (Å²) < 4.78 is 0. The second-order valence-electron chi connectivity index (χ2n) is 5.96. The predicted molar refractivity (Wildman–Crippen MR) is 107 cm³/mol. The van der Waals surface area contributed by atoms with Crippen molar-refractivity contribution in [3.8, 4) is 0 Å². The van der Waals surface area contributed by atoms with Crippen LogP contribution in [0.15, 0.2) is 72.9 Å². The van der Waals surface area contributed by atoms with E-state index in [1.54, 1.807) is 30.6 Å². The molecule has 0 bridgehead atoms. The molecule has 0 aliphatic heterocycles. The molecule has 2 rings (SSSR count). The molecule has 5 nitrogen and oxygen atoms in total. The van der Waals surface area contributed by atoms with Crippen LogP contribution in [-0.2, 0) is 11.3 Å². The molecular formula is C20H23N3O2S. The van der Waals surface area contributed by atoms with Crippen LogP contribution in [0, 0.1) is 5.92 Å². The van der Waals surface area contributed by atoms with Gasteiger partial charge >= 0.3 is 0 Å². The number of hydrogen-bond donors (Lipinski definition) is 3. The Morgan fingerprint density at radius 3 is 2.69 bits per heavy atom. The average Bonchev–Trinajstić information content (AvgIpc) is 2.66. The quantitative estimate of drug-likeness (QED) is 0.483. The molecule has 1 heterocycles. The van der Waals surface area contributed by atoms with Crippen molar-refractivity contribution in [3.05, 3.63) is 78.4 Å². The first-order valence-corrected chi connectivity index (χ1v) is 8.76. The van der Waals surface area contributed by atoms with Crippen LogP contribution < -0.4 is 10.6 Å². The topological polar surface area (TPSA) is 74.2 Å². The number of nitrogens with one attached hydrogen (secondary N) is 2. The van der Waals surface area contributed by atoms with Crippen molar-refractivity contribution in [1.29, 1.82) is 0 Å². The van der Waals surface area contributed by atoms with E-state index in [2.05, 4.69) is 28.8 Å². The molecule has 0 spiro atoms. The van der Waals surface area contributed by atoms with E-state index in [1.165, 1.54) is 0 Å². The first-order valence-electron chi connectivity index (χ1n) is 8.35. The molecule has 136 valence electrons. The maximum atomic E-state index is 12.6. The zero-order chi connectivity index (χ0) is 18.9. The lowest BCUT2D eigenvalue weighted by Gasteiger charge is -2.27. The molecule has 1 atom stereocenters. The number of Topliss-reactive ketones (excluding diaryl/α,β-unsaturated/α-hetero) is 1. The van der Waals surface area contributed by atoms with E-state index in [9.17, 15) is 9.90 Å². The molecule has 26 heavy (non-hydrogen) atoms. The molecule has 1 aliphatic rings. The smallest absolute Gasteiger partial charge is 0.167 e. The van der Waals surface area contributed by atoms with Crippen molar-refractivity contribution in [3.63, 3.8) is 0 Å². The summed E-state index contributed by atoms with van der Waals surface area (Å²) in [6, 6.07) is 3.81. The van der Waals surface area contributed by atoms with Crippen molar-refractivity contribution < 1.29 is 9.90 Å². The Labute approximate surface area is 159 Å². The van der Waals surface area contributed by atoms with Crippen LogP contribution in [0.1, 0.15) is 18.4 Å². The third kappa shape index (κ3) is 5.21. The molecule has 0 saturated heterocycles. The molecule has 1 aromatic rings. The fourth-order valence-corrected chi connectivity index (χ4v) is 3.09. The fraction of sp³-hybridized carbons (Fsp3) is 0.250. The van der Waals surface area contributed by atoms with Crippen molar-refractivity contribution in [2.24, 2.45) is 5.92 Å². The van der Waals surface area contributed by atoms with Gasteiger partial charge < -0.3 is 15.7 Å². The molecule has 0 radical (unpaired) electrons. The first kappa shape index (κ1) is 19.8. The fourth-order valence-electron chi connectivity index (χ4n) is 2.74. The highest BCUT2D eigenvalue weighted by Crippen LogP contribution is 2.26. The number of carbonyl (C=O) groups is 1. The number of nitrogens with zero attached hydrogens (tertiary/aromatic N) is 1. The second-order valence-corrected chi connectivity index (χ2v) is 6.37. The lowest BCUT2D eigenvalue weighted by molar-refractivity contribution is -0.116. The lowest BCUT2D eigenvalue weighted by atomic mass is 9.86. The minimum absolute atomic E-state index is 0.0338. The Morgan fingerprint density at radius 2 is 2.08 bits per heavy atom. The van der Waals surface area contributed by atoms with Gasteiger partial charge in [-0.3, -0.25) is 9.78 Å². The van der Waals surface area contributed by atoms with Gasteiger partial charge in [0.25, 0.3) is 0 Å². The van der Waals surface area contributed by atoms with E-state index >= 15 is 0 Å². The lowest BCUT2D eigenvalue weighted by Crippen LogP contribution is -2.35. The Bertz CT molecular complexity index is 754. The number of hydrogen-bond acceptors (Lipinski definition) is 5. The van der Waals surface area contributed by atoms with Crippen molar-refractivity contribution in [2.45, 2.75) is 19.4 Å². The summed E-state index contributed by atoms with van der Waals surface area (Å²) in [5.74, 6) is -0.177. The maximum absolute atomic E-state index is 12.6. The number of thiocarbonyl (C=S) groups is 1. The third-order valence-electron chi connectivity index (χ3n) is 4.06. The van der Waals surface area contributed by atoms with Crippen molar-refractivity contribution >= 4 is 23.0 Å². The van der Waals surface area contributed by atoms with Gasteiger partial charge in [-0.25, -0.2) is 0 Å². The molecule has 0 saturated carbocycles. The van der Waals surface area contributed by atoms with E-state index in [0.29, 0.717) is 29.2 Å². The molecule has 1 aliphatic carbocycles. The van der Waals surface area contributed by atoms with E-state index < -0.39 is 0 Å². The first-order chi connectivity index (χ1) is 12.6. The van der Waals surface area contributed by atoms with E-state index in [1.807, 2.05) is 12.1 Å². The van der Waals surface area contributed by atoms with Gasteiger partial charge in [0.15, 0.2) is 5.78 Å². The Hall–Kier alpha value is -2.57. The largest absolute Gasteiger partial charge is 0.396 e. The number of aliphatic hydroxyl groups excluding tert-OH is 1. The summed E-state index contributed by atoms with van der Waals surface area (Å²) >= 11 is 5.47. The average molecular weight is 369 g/mol. The Kier molecular flexibility index (Phi) is 7.44. The monoisotopic (exact) mass is 369 g/mol. The number of allylic oxidation sites excluding steroid dienone is 4. The summed E-state index contributed by atoms with van der Waals surface area (Å²) in [6.45, 7) is 7.89. The highest BCUT2D eigenvalue weighted by atomic mass is 32.1. The standard InChI is InChI=1S/C20H23N3O2S/c1-3-5-16(4-2)23-20(26)19-17(10-15(13-24)11-18(19)25)22-12-14-6-8-21-9-7-14/h3-9,15,22,24H,1-2,10-13H2,(H,23,26)/b16-5+. The van der Waals surface area contributed by atoms with Gasteiger partial charge in [0.2, 0.25) is 0 Å². The number of aromatic nitrogens is 1. The predicted octanol–water partition coefficient (Wildman–Crippen LogP) is 2.57. The van der Waals surface area contributed by atoms with Crippen LogP contribution in [0.3, 0.4) is 0 Å². The Balaban J connectivity index is 2.26. The van der Waals surface area contributed by atoms with Gasteiger partial charge in [-0.15, -0.1) is 0 Å². The number of ketones is 1. The van der Waals surface area contributed by atoms with E-state index in [0.717, 1.165) is 11.3 Å². The van der Waals surface area contributed by atoms with Gasteiger partial charge in [0.05, 0.1) is 5.57 Å². The highest BCUT2D eigenvalue weighted by molar-refractivity contribution is 7.80. The van der Waals surface area contributed by atoms with Crippen molar-refractivity contribution in [2.75, 3.05) is 6.61 Å². The molecule has 1 unspecified atom stereocenters. The normalized spacial score (nSPS) is 17.7. The van der Waals surface area contributed by atoms with Crippen LogP contribution in [-0.4, -0.2) is 27.5 Å². The molecule has 0 amide bonds. The van der Waals surface area contributed by atoms with Crippen LogP contribution in [0.5, 0.6) is 0 Å². The van der Waals surface area contributed by atoms with Crippen LogP contribution in [0.4, 0.5) is 0 Å². The highest BCUT2D eigenvalue weighted by Gasteiger charge is 2.29. The molecule has 3 N–H and O–H groups in total. The summed E-state index contributed by atoms with van der Waals surface area (Å²) in [6.07, 6.45) is 9.25. The summed E-state index contributed by atoms with van der Waals surface area (Å²) in [4.78, 5) is 17.0. The van der Waals surface area contributed by atoms with Crippen LogP contribution in [0.2, 0.25) is 0 Å². The number of aliphatic hydroxyl groups is 1. The van der Waals surface area contributed by atoms with Gasteiger partial charge in [0.1, 0.15) is 4.99 Å². The molecule has 0 aromatic carbocycles. The number of pyridine rings is 1. The number of rotatable bonds is 8. The SMILES string of the molecule is C=C/C=C(\C=C)NC(=S)C1=C(NCc2ccncc2)CC(CO)CC1=O. The van der Waals surface area contributed by atoms with Gasteiger partial charge in [-0.1, -0.05) is 31.5 Å². The maximum Gasteiger partial charge on any atom is 0.167 e. The minimum atomic E-state index is -0.100. The van der Waals surface area contributed by atoms with Gasteiger partial charge in [-0.2, -0.15) is 0 Å². The van der Waals surface area contributed by atoms with Crippen LogP contribution in [0.25, 0.3) is 0 Å². The van der Waals surface area contributed by atoms with Gasteiger partial charge in [0, 0.05) is 43.4 Å². The minimum Gasteiger partial charge on any atom is -0.396 e. The molecule has 6 heteroatoms. The molecule has 1 aromatic heterocycles. The third-order valence-corrected chi connectivity index (χ3v) is 4.37. The van der Waals surface area contributed by atoms with E-state index in [-0.39, 0.29) is 24.7 Å². The zero-order valence-electron chi connectivity index (χ0n) is 14.6. The summed E-state index contributed by atoms with van der Waals surface area (Å²) in [5.41, 5.74) is 2.93.